The van der Waals surface area contributed by atoms with Gasteiger partial charge >= 0.3 is 0 Å². The van der Waals surface area contributed by atoms with Crippen LogP contribution in [-0.2, 0) is 4.79 Å². The molecule has 0 fully saturated rings. The molecule has 0 aromatic carbocycles. The van der Waals surface area contributed by atoms with Crippen molar-refractivity contribution in [3.8, 4) is 0 Å². The van der Waals surface area contributed by atoms with E-state index in [1.807, 2.05) is 0 Å². The molecule has 2 N–H and O–H groups in total. The summed E-state index contributed by atoms with van der Waals surface area (Å²) in [5.74, 6) is 0.217. The van der Waals surface area contributed by atoms with E-state index >= 15 is 0 Å². The zero-order chi connectivity index (χ0) is 9.07. The summed E-state index contributed by atoms with van der Waals surface area (Å²) >= 11 is 0. The van der Waals surface area contributed by atoms with E-state index in [9.17, 15) is 4.79 Å². The van der Waals surface area contributed by atoms with Crippen LogP contribution in [-0.4, -0.2) is 5.91 Å². The third-order valence-electron chi connectivity index (χ3n) is 1.51. The van der Waals surface area contributed by atoms with E-state index in [2.05, 4.69) is 27.7 Å². The molecule has 0 bridgehead atoms. The molecule has 0 saturated carbocycles. The molecule has 0 aliphatic rings. The van der Waals surface area contributed by atoms with Crippen LogP contribution in [0.3, 0.4) is 0 Å². The Labute approximate surface area is 69.2 Å². The van der Waals surface area contributed by atoms with Crippen molar-refractivity contribution in [2.45, 2.75) is 40.5 Å². The minimum Gasteiger partial charge on any atom is -0.370 e. The molecule has 0 aromatic heterocycles. The molecule has 0 radical (unpaired) electrons. The Morgan fingerprint density at radius 3 is 2.18 bits per heavy atom. The average Bonchev–Trinajstić information content (AvgIpc) is 1.53. The van der Waals surface area contributed by atoms with Gasteiger partial charge in [0.05, 0.1) is 0 Å². The molecule has 0 unspecified atom stereocenters. The lowest BCUT2D eigenvalue weighted by Gasteiger charge is -2.22. The number of amides is 1. The predicted molar refractivity (Wildman–Crippen MR) is 47.0 cm³/mol. The van der Waals surface area contributed by atoms with Crippen LogP contribution in [0.25, 0.3) is 0 Å². The first-order valence-electron chi connectivity index (χ1n) is 4.09. The van der Waals surface area contributed by atoms with Gasteiger partial charge in [0.2, 0.25) is 5.91 Å². The number of primary amides is 1. The van der Waals surface area contributed by atoms with Crippen LogP contribution in [0.4, 0.5) is 0 Å². The maximum Gasteiger partial charge on any atom is 0.217 e. The Hall–Kier alpha value is -0.530. The van der Waals surface area contributed by atoms with E-state index in [0.717, 1.165) is 6.42 Å². The summed E-state index contributed by atoms with van der Waals surface area (Å²) in [4.78, 5) is 10.5. The largest absolute Gasteiger partial charge is 0.370 e. The standard InChI is InChI=1S/C9H19NO/c1-7(5-8(10)11)6-9(2,3)4/h7H,5-6H2,1-4H3,(H2,10,11)/t7-/m1/s1. The molecule has 2 heteroatoms. The molecule has 0 rings (SSSR count). The highest BCUT2D eigenvalue weighted by molar-refractivity contribution is 5.73. The second-order valence-corrected chi connectivity index (χ2v) is 4.54. The van der Waals surface area contributed by atoms with Gasteiger partial charge in [0.25, 0.3) is 0 Å². The SMILES string of the molecule is C[C@H](CC(N)=O)CC(C)(C)C. The van der Waals surface area contributed by atoms with Crippen molar-refractivity contribution in [2.24, 2.45) is 17.1 Å². The van der Waals surface area contributed by atoms with Gasteiger partial charge in [-0.3, -0.25) is 4.79 Å². The Balaban J connectivity index is 3.69. The van der Waals surface area contributed by atoms with Gasteiger partial charge in [-0.2, -0.15) is 0 Å². The lowest BCUT2D eigenvalue weighted by molar-refractivity contribution is -0.118. The topological polar surface area (TPSA) is 43.1 Å². The van der Waals surface area contributed by atoms with Crippen molar-refractivity contribution >= 4 is 5.91 Å². The van der Waals surface area contributed by atoms with E-state index in [1.54, 1.807) is 0 Å². The lowest BCUT2D eigenvalue weighted by Crippen LogP contribution is -2.18. The fourth-order valence-corrected chi connectivity index (χ4v) is 1.46. The average molecular weight is 157 g/mol. The Morgan fingerprint density at radius 2 is 1.91 bits per heavy atom. The maximum atomic E-state index is 10.5. The molecule has 0 spiro atoms. The number of carbonyl (C=O) groups is 1. The van der Waals surface area contributed by atoms with E-state index in [4.69, 9.17) is 5.73 Å². The van der Waals surface area contributed by atoms with Crippen molar-refractivity contribution in [3.63, 3.8) is 0 Å². The second-order valence-electron chi connectivity index (χ2n) is 4.54. The van der Waals surface area contributed by atoms with Crippen molar-refractivity contribution in [2.75, 3.05) is 0 Å². The van der Waals surface area contributed by atoms with Gasteiger partial charge in [0.15, 0.2) is 0 Å². The first kappa shape index (κ1) is 10.5. The zero-order valence-corrected chi connectivity index (χ0v) is 7.98. The molecule has 1 atom stereocenters. The number of rotatable bonds is 3. The molecule has 1 amide bonds. The maximum absolute atomic E-state index is 10.5. The molecule has 11 heavy (non-hydrogen) atoms. The van der Waals surface area contributed by atoms with Crippen LogP contribution in [0.1, 0.15) is 40.5 Å². The highest BCUT2D eigenvalue weighted by atomic mass is 16.1. The minimum atomic E-state index is -0.193. The zero-order valence-electron chi connectivity index (χ0n) is 7.98. The molecule has 0 aliphatic heterocycles. The molecule has 0 heterocycles. The van der Waals surface area contributed by atoms with Crippen LogP contribution >= 0.6 is 0 Å². The van der Waals surface area contributed by atoms with Gasteiger partial charge in [-0.15, -0.1) is 0 Å². The van der Waals surface area contributed by atoms with E-state index in [-0.39, 0.29) is 5.91 Å². The predicted octanol–water partition coefficient (Wildman–Crippen LogP) is 1.93. The molecule has 0 aliphatic carbocycles. The molecular weight excluding hydrogens is 138 g/mol. The van der Waals surface area contributed by atoms with Crippen molar-refractivity contribution in [1.29, 1.82) is 0 Å². The van der Waals surface area contributed by atoms with Crippen molar-refractivity contribution in [3.05, 3.63) is 0 Å². The Morgan fingerprint density at radius 1 is 1.45 bits per heavy atom. The van der Waals surface area contributed by atoms with Gasteiger partial charge < -0.3 is 5.73 Å². The monoisotopic (exact) mass is 157 g/mol. The Kier molecular flexibility index (Phi) is 3.56. The number of nitrogens with two attached hydrogens (primary N) is 1. The molecule has 0 saturated heterocycles. The van der Waals surface area contributed by atoms with E-state index in [0.29, 0.717) is 17.8 Å². The third-order valence-corrected chi connectivity index (χ3v) is 1.51. The summed E-state index contributed by atoms with van der Waals surface area (Å²) in [5, 5.41) is 0. The minimum absolute atomic E-state index is 0.193. The summed E-state index contributed by atoms with van der Waals surface area (Å²) in [5.41, 5.74) is 5.37. The fourth-order valence-electron chi connectivity index (χ4n) is 1.46. The highest BCUT2D eigenvalue weighted by Gasteiger charge is 2.16. The molecule has 66 valence electrons. The van der Waals surface area contributed by atoms with Crippen LogP contribution in [0.5, 0.6) is 0 Å². The quantitative estimate of drug-likeness (QED) is 0.668. The summed E-state index contributed by atoms with van der Waals surface area (Å²) in [6.45, 7) is 8.58. The summed E-state index contributed by atoms with van der Waals surface area (Å²) in [7, 11) is 0. The summed E-state index contributed by atoms with van der Waals surface area (Å²) < 4.78 is 0. The fraction of sp³-hybridized carbons (Fsp3) is 0.889. The number of hydrogen-bond acceptors (Lipinski definition) is 1. The lowest BCUT2D eigenvalue weighted by atomic mass is 9.84. The van der Waals surface area contributed by atoms with Crippen LogP contribution in [0, 0.1) is 11.3 Å². The Bertz CT molecular complexity index is 135. The first-order valence-corrected chi connectivity index (χ1v) is 4.09. The normalized spacial score (nSPS) is 14.5. The van der Waals surface area contributed by atoms with Crippen molar-refractivity contribution < 1.29 is 4.79 Å². The summed E-state index contributed by atoms with van der Waals surface area (Å²) in [6, 6.07) is 0. The third kappa shape index (κ3) is 7.37. The van der Waals surface area contributed by atoms with Crippen LogP contribution in [0.15, 0.2) is 0 Å². The smallest absolute Gasteiger partial charge is 0.217 e. The molecule has 0 aromatic rings. The highest BCUT2D eigenvalue weighted by Crippen LogP contribution is 2.25. The molecular formula is C9H19NO. The van der Waals surface area contributed by atoms with Gasteiger partial charge in [0, 0.05) is 6.42 Å². The van der Waals surface area contributed by atoms with E-state index in [1.165, 1.54) is 0 Å². The van der Waals surface area contributed by atoms with Gasteiger partial charge in [-0.05, 0) is 17.8 Å². The number of hydrogen-bond donors (Lipinski definition) is 1. The van der Waals surface area contributed by atoms with Gasteiger partial charge in [-0.1, -0.05) is 27.7 Å². The number of carbonyl (C=O) groups excluding carboxylic acids is 1. The summed E-state index contributed by atoms with van der Waals surface area (Å²) in [6.07, 6.45) is 1.56. The van der Waals surface area contributed by atoms with Gasteiger partial charge in [0.1, 0.15) is 0 Å². The van der Waals surface area contributed by atoms with Crippen molar-refractivity contribution in [1.82, 2.24) is 0 Å². The molecule has 2 nitrogen and oxygen atoms in total. The van der Waals surface area contributed by atoms with Crippen LogP contribution in [0.2, 0.25) is 0 Å². The van der Waals surface area contributed by atoms with Crippen LogP contribution < -0.4 is 5.73 Å². The van der Waals surface area contributed by atoms with E-state index < -0.39 is 0 Å². The second kappa shape index (κ2) is 3.74. The first-order chi connectivity index (χ1) is 4.81. The van der Waals surface area contributed by atoms with Gasteiger partial charge in [-0.25, -0.2) is 0 Å².